The number of hydrogen-bond donors (Lipinski definition) is 2. The maximum Gasteiger partial charge on any atom is 0.340 e. The molecule has 2 rings (SSSR count). The van der Waals surface area contributed by atoms with Gasteiger partial charge in [-0.3, -0.25) is 9.59 Å². The normalized spacial score (nSPS) is 12.4. The molecule has 2 N–H and O–H groups in total. The van der Waals surface area contributed by atoms with Crippen LogP contribution in [0.5, 0.6) is 5.88 Å². The first-order valence-electron chi connectivity index (χ1n) is 8.67. The third-order valence-electron chi connectivity index (χ3n) is 3.73. The Bertz CT molecular complexity index is 909. The van der Waals surface area contributed by atoms with Gasteiger partial charge in [0.15, 0.2) is 12.3 Å². The van der Waals surface area contributed by atoms with E-state index in [2.05, 4.69) is 30.6 Å². The second-order valence-corrected chi connectivity index (χ2v) is 6.41. The molecular formula is C18H19F4N5O3. The molecule has 2 amide bonds. The number of ether oxygens (including phenoxy) is 1. The number of anilines is 1. The van der Waals surface area contributed by atoms with Crippen LogP contribution in [-0.2, 0) is 4.79 Å². The van der Waals surface area contributed by atoms with Crippen molar-refractivity contribution >= 4 is 17.6 Å². The van der Waals surface area contributed by atoms with Gasteiger partial charge in [-0.25, -0.2) is 13.8 Å². The predicted octanol–water partition coefficient (Wildman–Crippen LogP) is 2.91. The molecule has 0 aliphatic rings. The lowest BCUT2D eigenvalue weighted by molar-refractivity contribution is -0.148. The Morgan fingerprint density at radius 1 is 1.20 bits per heavy atom. The number of aromatic nitrogens is 3. The van der Waals surface area contributed by atoms with E-state index in [1.807, 2.05) is 0 Å². The smallest absolute Gasteiger partial charge is 0.340 e. The summed E-state index contributed by atoms with van der Waals surface area (Å²) in [6.45, 7) is 3.20. The van der Waals surface area contributed by atoms with E-state index in [1.54, 1.807) is 26.0 Å². The number of hydrogen-bond acceptors (Lipinski definition) is 6. The summed E-state index contributed by atoms with van der Waals surface area (Å²) in [6.07, 6.45) is -3.88. The Balaban J connectivity index is 2.02. The molecule has 0 aliphatic heterocycles. The largest absolute Gasteiger partial charge is 0.470 e. The quantitative estimate of drug-likeness (QED) is 0.625. The fourth-order valence-electron chi connectivity index (χ4n) is 2.29. The number of carbonyl (C=O) groups is 2. The van der Waals surface area contributed by atoms with Crippen LogP contribution < -0.4 is 15.4 Å². The second-order valence-electron chi connectivity index (χ2n) is 6.41. The first-order chi connectivity index (χ1) is 14.0. The van der Waals surface area contributed by atoms with E-state index < -0.39 is 36.8 Å². The number of amides is 2. The number of nitrogens with one attached hydrogen (secondary N) is 2. The van der Waals surface area contributed by atoms with E-state index in [9.17, 15) is 27.2 Å². The molecule has 0 fully saturated rings. The lowest BCUT2D eigenvalue weighted by Crippen LogP contribution is -2.34. The fraction of sp³-hybridized carbons (Fsp3) is 0.389. The van der Waals surface area contributed by atoms with Gasteiger partial charge in [-0.1, -0.05) is 0 Å². The number of alkyl halides is 4. The summed E-state index contributed by atoms with van der Waals surface area (Å²) in [5.41, 5.74) is 1.16. The first-order valence-corrected chi connectivity index (χ1v) is 8.67. The van der Waals surface area contributed by atoms with E-state index in [0.29, 0.717) is 17.1 Å². The lowest BCUT2D eigenvalue weighted by atomic mass is 10.1. The van der Waals surface area contributed by atoms with Crippen molar-refractivity contribution in [2.24, 2.45) is 0 Å². The third-order valence-corrected chi connectivity index (χ3v) is 3.73. The van der Waals surface area contributed by atoms with E-state index in [0.717, 1.165) is 12.1 Å². The van der Waals surface area contributed by atoms with Gasteiger partial charge in [0.2, 0.25) is 11.8 Å². The molecule has 162 valence electrons. The van der Waals surface area contributed by atoms with Crippen LogP contribution in [0.2, 0.25) is 0 Å². The molecule has 2 aromatic rings. The van der Waals surface area contributed by atoms with Gasteiger partial charge in [-0.05, 0) is 37.6 Å². The average molecular weight is 429 g/mol. The minimum atomic E-state index is -4.33. The molecule has 0 radical (unpaired) electrons. The molecule has 0 spiro atoms. The van der Waals surface area contributed by atoms with Gasteiger partial charge in [-0.15, -0.1) is 10.2 Å². The Morgan fingerprint density at radius 2 is 1.90 bits per heavy atom. The summed E-state index contributed by atoms with van der Waals surface area (Å²) in [7, 11) is 0. The topological polar surface area (TPSA) is 106 Å². The van der Waals surface area contributed by atoms with Gasteiger partial charge in [0.05, 0.1) is 6.04 Å². The highest BCUT2D eigenvalue weighted by Crippen LogP contribution is 2.23. The Labute approximate surface area is 169 Å². The van der Waals surface area contributed by atoms with Crippen molar-refractivity contribution in [3.63, 3.8) is 0 Å². The number of aryl methyl sites for hydroxylation is 1. The van der Waals surface area contributed by atoms with Crippen LogP contribution in [0.3, 0.4) is 0 Å². The minimum absolute atomic E-state index is 0.136. The fourth-order valence-corrected chi connectivity index (χ4v) is 2.29. The standard InChI is InChI=1S/C18H19F4N5O3/c1-9-6-12(7-14(23-9)25-11(3)28)10(2)24-16(29)13-4-5-15(27-26-13)30-8-18(21,22)17(19)20/h4-7,10,17H,8H2,1-3H3,(H,24,29)(H,23,25,28). The van der Waals surface area contributed by atoms with Crippen molar-refractivity contribution in [1.82, 2.24) is 20.5 Å². The van der Waals surface area contributed by atoms with E-state index >= 15 is 0 Å². The zero-order valence-electron chi connectivity index (χ0n) is 16.2. The van der Waals surface area contributed by atoms with Crippen molar-refractivity contribution in [2.45, 2.75) is 39.2 Å². The summed E-state index contributed by atoms with van der Waals surface area (Å²) in [6, 6.07) is 5.06. The van der Waals surface area contributed by atoms with Crippen molar-refractivity contribution < 1.29 is 31.9 Å². The van der Waals surface area contributed by atoms with Crippen LogP contribution in [0.1, 0.15) is 41.6 Å². The molecule has 0 bridgehead atoms. The molecule has 2 aromatic heterocycles. The number of rotatable bonds is 8. The van der Waals surface area contributed by atoms with E-state index in [-0.39, 0.29) is 11.6 Å². The van der Waals surface area contributed by atoms with Gasteiger partial charge in [0, 0.05) is 18.7 Å². The highest BCUT2D eigenvalue weighted by Gasteiger charge is 2.41. The zero-order chi connectivity index (χ0) is 22.5. The Morgan fingerprint density at radius 3 is 2.47 bits per heavy atom. The Hall–Kier alpha value is -3.31. The van der Waals surface area contributed by atoms with Crippen molar-refractivity contribution in [2.75, 3.05) is 11.9 Å². The average Bonchev–Trinajstić information content (AvgIpc) is 2.65. The Kier molecular flexibility index (Phi) is 7.24. The van der Waals surface area contributed by atoms with Crippen LogP contribution in [0.4, 0.5) is 23.4 Å². The van der Waals surface area contributed by atoms with Crippen LogP contribution in [0.15, 0.2) is 24.3 Å². The second kappa shape index (κ2) is 9.46. The molecular weight excluding hydrogens is 410 g/mol. The van der Waals surface area contributed by atoms with E-state index in [1.165, 1.54) is 6.92 Å². The van der Waals surface area contributed by atoms with Crippen molar-refractivity contribution in [1.29, 1.82) is 0 Å². The molecule has 0 aromatic carbocycles. The predicted molar refractivity (Wildman–Crippen MR) is 97.6 cm³/mol. The third kappa shape index (κ3) is 6.36. The highest BCUT2D eigenvalue weighted by atomic mass is 19.3. The maximum absolute atomic E-state index is 12.9. The van der Waals surface area contributed by atoms with Crippen LogP contribution in [-0.4, -0.2) is 46.0 Å². The first kappa shape index (κ1) is 23.0. The number of halogens is 4. The molecule has 2 heterocycles. The summed E-state index contributed by atoms with van der Waals surface area (Å²) in [5.74, 6) is -5.33. The summed E-state index contributed by atoms with van der Waals surface area (Å²) in [5, 5.41) is 12.2. The number of carbonyl (C=O) groups excluding carboxylic acids is 2. The van der Waals surface area contributed by atoms with Crippen molar-refractivity contribution in [3.8, 4) is 5.88 Å². The van der Waals surface area contributed by atoms with Gasteiger partial charge in [0.1, 0.15) is 5.82 Å². The van der Waals surface area contributed by atoms with Gasteiger partial charge in [-0.2, -0.15) is 8.78 Å². The SMILES string of the molecule is CC(=O)Nc1cc(C(C)NC(=O)c2ccc(OCC(F)(F)C(F)F)nn2)cc(C)n1. The minimum Gasteiger partial charge on any atom is -0.470 e. The highest BCUT2D eigenvalue weighted by molar-refractivity contribution is 5.92. The molecule has 1 unspecified atom stereocenters. The van der Waals surface area contributed by atoms with Gasteiger partial charge < -0.3 is 15.4 Å². The molecule has 8 nitrogen and oxygen atoms in total. The van der Waals surface area contributed by atoms with Gasteiger partial charge in [0.25, 0.3) is 5.91 Å². The molecule has 0 saturated carbocycles. The van der Waals surface area contributed by atoms with Crippen LogP contribution in [0, 0.1) is 6.92 Å². The maximum atomic E-state index is 12.9. The van der Waals surface area contributed by atoms with E-state index in [4.69, 9.17) is 0 Å². The molecule has 0 aliphatic carbocycles. The zero-order valence-corrected chi connectivity index (χ0v) is 16.2. The molecule has 12 heteroatoms. The van der Waals surface area contributed by atoms with Crippen LogP contribution >= 0.6 is 0 Å². The lowest BCUT2D eigenvalue weighted by Gasteiger charge is -2.16. The monoisotopic (exact) mass is 429 g/mol. The number of nitrogens with zero attached hydrogens (tertiary/aromatic N) is 3. The summed E-state index contributed by atoms with van der Waals surface area (Å²) < 4.78 is 54.4. The molecule has 30 heavy (non-hydrogen) atoms. The van der Waals surface area contributed by atoms with Crippen molar-refractivity contribution in [3.05, 3.63) is 41.2 Å². The number of pyridine rings is 1. The summed E-state index contributed by atoms with van der Waals surface area (Å²) >= 11 is 0. The van der Waals surface area contributed by atoms with Gasteiger partial charge >= 0.3 is 12.3 Å². The summed E-state index contributed by atoms with van der Waals surface area (Å²) in [4.78, 5) is 27.7. The molecule has 0 saturated heterocycles. The van der Waals surface area contributed by atoms with Crippen LogP contribution in [0.25, 0.3) is 0 Å². The molecule has 1 atom stereocenters.